The van der Waals surface area contributed by atoms with Gasteiger partial charge in [-0.2, -0.15) is 0 Å². The summed E-state index contributed by atoms with van der Waals surface area (Å²) >= 11 is 4.88. The number of methoxy groups -OCH3 is 1. The highest BCUT2D eigenvalue weighted by Crippen LogP contribution is 2.26. The van der Waals surface area contributed by atoms with Gasteiger partial charge < -0.3 is 10.1 Å². The van der Waals surface area contributed by atoms with Crippen LogP contribution in [-0.4, -0.2) is 23.2 Å². The molecule has 0 heterocycles. The van der Waals surface area contributed by atoms with Crippen LogP contribution in [-0.2, 0) is 11.2 Å². The lowest BCUT2D eigenvalue weighted by Crippen LogP contribution is -2.34. The maximum atomic E-state index is 11.1. The van der Waals surface area contributed by atoms with Crippen molar-refractivity contribution in [2.75, 3.05) is 12.4 Å². The third kappa shape index (κ3) is 5.35. The number of aryl methyl sites for hydroxylation is 1. The van der Waals surface area contributed by atoms with Gasteiger partial charge in [-0.3, -0.25) is 15.4 Å². The lowest BCUT2D eigenvalue weighted by molar-refractivity contribution is -0.384. The molecule has 0 saturated heterocycles. The topological polar surface area (TPSA) is 93.5 Å². The summed E-state index contributed by atoms with van der Waals surface area (Å²) in [5, 5.41) is 15.9. The zero-order valence-electron chi connectivity index (χ0n) is 11.8. The summed E-state index contributed by atoms with van der Waals surface area (Å²) in [6.45, 7) is 2.06. The van der Waals surface area contributed by atoms with E-state index in [-0.39, 0.29) is 16.5 Å². The molecule has 114 valence electrons. The molecule has 0 fully saturated rings. The molecule has 0 aliphatic heterocycles. The number of amides is 1. The van der Waals surface area contributed by atoms with E-state index in [0.717, 1.165) is 24.8 Å². The van der Waals surface area contributed by atoms with E-state index in [2.05, 4.69) is 22.3 Å². The lowest BCUT2D eigenvalue weighted by atomic mass is 10.1. The van der Waals surface area contributed by atoms with E-state index in [4.69, 9.17) is 12.2 Å². The normalized spacial score (nSPS) is 9.81. The molecular weight excluding hydrogens is 294 g/mol. The summed E-state index contributed by atoms with van der Waals surface area (Å²) < 4.78 is 4.39. The number of carbonyl (C=O) groups is 1. The fraction of sp³-hybridized carbons (Fsp3) is 0.385. The molecule has 1 aromatic carbocycles. The van der Waals surface area contributed by atoms with Crippen molar-refractivity contribution in [3.05, 3.63) is 33.9 Å². The highest BCUT2D eigenvalue weighted by Gasteiger charge is 2.16. The van der Waals surface area contributed by atoms with E-state index in [9.17, 15) is 14.9 Å². The maximum Gasteiger partial charge on any atom is 0.413 e. The largest absolute Gasteiger partial charge is 0.453 e. The van der Waals surface area contributed by atoms with Crippen molar-refractivity contribution in [3.63, 3.8) is 0 Å². The SMILES string of the molecule is CCCCc1ccc(NC(=S)NC(=O)OC)c([N+](=O)[O-])c1. The van der Waals surface area contributed by atoms with Crippen LogP contribution in [0.15, 0.2) is 18.2 Å². The minimum absolute atomic E-state index is 0.0636. The molecule has 0 bridgehead atoms. The van der Waals surface area contributed by atoms with Gasteiger partial charge in [0.05, 0.1) is 12.0 Å². The van der Waals surface area contributed by atoms with E-state index in [1.165, 1.54) is 13.2 Å². The first kappa shape index (κ1) is 16.8. The van der Waals surface area contributed by atoms with Crippen LogP contribution >= 0.6 is 12.2 Å². The number of anilines is 1. The van der Waals surface area contributed by atoms with Crippen molar-refractivity contribution in [2.24, 2.45) is 0 Å². The lowest BCUT2D eigenvalue weighted by Gasteiger charge is -2.10. The Morgan fingerprint density at radius 2 is 2.19 bits per heavy atom. The Balaban J connectivity index is 2.88. The minimum atomic E-state index is -0.741. The summed E-state index contributed by atoms with van der Waals surface area (Å²) in [5.41, 5.74) is 1.03. The van der Waals surface area contributed by atoms with Gasteiger partial charge >= 0.3 is 6.09 Å². The second-order valence-corrected chi connectivity index (χ2v) is 4.69. The molecule has 1 rings (SSSR count). The number of ether oxygens (including phenoxy) is 1. The average Bonchev–Trinajstić information content (AvgIpc) is 2.45. The fourth-order valence-electron chi connectivity index (χ4n) is 1.67. The summed E-state index contributed by atoms with van der Waals surface area (Å²) in [7, 11) is 1.20. The second-order valence-electron chi connectivity index (χ2n) is 4.28. The fourth-order valence-corrected chi connectivity index (χ4v) is 1.86. The molecule has 7 nitrogen and oxygen atoms in total. The zero-order chi connectivity index (χ0) is 15.8. The summed E-state index contributed by atoms with van der Waals surface area (Å²) in [4.78, 5) is 21.6. The van der Waals surface area contributed by atoms with Crippen LogP contribution in [0.1, 0.15) is 25.3 Å². The first-order valence-corrected chi connectivity index (χ1v) is 6.82. The molecule has 0 radical (unpaired) electrons. The number of nitro benzene ring substituents is 1. The van der Waals surface area contributed by atoms with Gasteiger partial charge in [-0.25, -0.2) is 4.79 Å². The summed E-state index contributed by atoms with van der Waals surface area (Å²) in [6, 6.07) is 4.89. The molecule has 0 atom stereocenters. The van der Waals surface area contributed by atoms with E-state index in [0.29, 0.717) is 0 Å². The predicted octanol–water partition coefficient (Wildman–Crippen LogP) is 2.99. The van der Waals surface area contributed by atoms with Crippen molar-refractivity contribution < 1.29 is 14.5 Å². The maximum absolute atomic E-state index is 11.1. The zero-order valence-corrected chi connectivity index (χ0v) is 12.7. The van der Waals surface area contributed by atoms with E-state index >= 15 is 0 Å². The number of nitrogens with zero attached hydrogens (tertiary/aromatic N) is 1. The monoisotopic (exact) mass is 311 g/mol. The van der Waals surface area contributed by atoms with Gasteiger partial charge in [0.2, 0.25) is 0 Å². The highest BCUT2D eigenvalue weighted by molar-refractivity contribution is 7.80. The number of nitrogens with one attached hydrogen (secondary N) is 2. The number of hydrogen-bond acceptors (Lipinski definition) is 5. The number of alkyl carbamates (subject to hydrolysis) is 1. The van der Waals surface area contributed by atoms with Crippen LogP contribution in [0.2, 0.25) is 0 Å². The van der Waals surface area contributed by atoms with Crippen LogP contribution in [0.25, 0.3) is 0 Å². The third-order valence-corrected chi connectivity index (χ3v) is 2.93. The second kappa shape index (κ2) is 8.15. The van der Waals surface area contributed by atoms with Gasteiger partial charge in [-0.1, -0.05) is 19.4 Å². The molecule has 0 unspecified atom stereocenters. The van der Waals surface area contributed by atoms with Gasteiger partial charge in [0, 0.05) is 6.07 Å². The molecule has 2 N–H and O–H groups in total. The predicted molar refractivity (Wildman–Crippen MR) is 83.5 cm³/mol. The van der Waals surface area contributed by atoms with Gasteiger partial charge in [0.25, 0.3) is 5.69 Å². The van der Waals surface area contributed by atoms with E-state index in [1.807, 2.05) is 0 Å². The van der Waals surface area contributed by atoms with Gasteiger partial charge in [-0.05, 0) is 36.7 Å². The standard InChI is InChI=1S/C13H17N3O4S/c1-3-4-5-9-6-7-10(11(8-9)16(18)19)14-12(21)15-13(17)20-2/h6-8H,3-5H2,1-2H3,(H2,14,15,17,21). The molecule has 0 aliphatic rings. The van der Waals surface area contributed by atoms with Crippen molar-refractivity contribution in [3.8, 4) is 0 Å². The molecule has 0 aliphatic carbocycles. The number of nitro groups is 1. The number of thiocarbonyl (C=S) groups is 1. The van der Waals surface area contributed by atoms with Crippen LogP contribution in [0.5, 0.6) is 0 Å². The molecular formula is C13H17N3O4S. The number of hydrogen-bond donors (Lipinski definition) is 2. The number of rotatable bonds is 5. The number of carbonyl (C=O) groups excluding carboxylic acids is 1. The van der Waals surface area contributed by atoms with Crippen molar-refractivity contribution in [2.45, 2.75) is 26.2 Å². The Labute approximate surface area is 127 Å². The molecule has 1 aromatic rings. The van der Waals surface area contributed by atoms with E-state index < -0.39 is 11.0 Å². The quantitative estimate of drug-likeness (QED) is 0.493. The minimum Gasteiger partial charge on any atom is -0.453 e. The molecule has 0 spiro atoms. The highest BCUT2D eigenvalue weighted by atomic mass is 32.1. The van der Waals surface area contributed by atoms with Crippen LogP contribution in [0.3, 0.4) is 0 Å². The first-order valence-electron chi connectivity index (χ1n) is 6.41. The van der Waals surface area contributed by atoms with Crippen LogP contribution in [0, 0.1) is 10.1 Å². The number of benzene rings is 1. The van der Waals surface area contributed by atoms with Crippen LogP contribution < -0.4 is 10.6 Å². The molecule has 1 amide bonds. The smallest absolute Gasteiger partial charge is 0.413 e. The van der Waals surface area contributed by atoms with Gasteiger partial charge in [0.15, 0.2) is 5.11 Å². The van der Waals surface area contributed by atoms with Gasteiger partial charge in [0.1, 0.15) is 5.69 Å². The Hall–Kier alpha value is -2.22. The average molecular weight is 311 g/mol. The van der Waals surface area contributed by atoms with E-state index in [1.54, 1.807) is 12.1 Å². The molecule has 0 saturated carbocycles. The third-order valence-electron chi connectivity index (χ3n) is 2.73. The van der Waals surface area contributed by atoms with Crippen molar-refractivity contribution in [1.29, 1.82) is 0 Å². The Kier molecular flexibility index (Phi) is 6.54. The van der Waals surface area contributed by atoms with Gasteiger partial charge in [-0.15, -0.1) is 0 Å². The molecule has 8 heteroatoms. The summed E-state index contributed by atoms with van der Waals surface area (Å²) in [6.07, 6.45) is 2.02. The molecule has 0 aromatic heterocycles. The molecule has 21 heavy (non-hydrogen) atoms. The number of unbranched alkanes of at least 4 members (excludes halogenated alkanes) is 1. The Bertz CT molecular complexity index is 548. The Morgan fingerprint density at radius 3 is 2.76 bits per heavy atom. The summed E-state index contributed by atoms with van der Waals surface area (Å²) in [5.74, 6) is 0. The van der Waals surface area contributed by atoms with Crippen LogP contribution in [0.4, 0.5) is 16.2 Å². The van der Waals surface area contributed by atoms with Crippen molar-refractivity contribution >= 4 is 34.8 Å². The Morgan fingerprint density at radius 1 is 1.48 bits per heavy atom. The van der Waals surface area contributed by atoms with Crippen molar-refractivity contribution in [1.82, 2.24) is 5.32 Å². The first-order chi connectivity index (χ1) is 9.97.